The summed E-state index contributed by atoms with van der Waals surface area (Å²) >= 11 is 0. The lowest BCUT2D eigenvalue weighted by molar-refractivity contribution is -0.130. The summed E-state index contributed by atoms with van der Waals surface area (Å²) in [5.74, 6) is 0.375. The molecule has 0 saturated carbocycles. The third kappa shape index (κ3) is 2.50. The second kappa shape index (κ2) is 5.72. The zero-order valence-electron chi connectivity index (χ0n) is 13.1. The zero-order chi connectivity index (χ0) is 15.8. The van der Waals surface area contributed by atoms with E-state index in [1.54, 1.807) is 0 Å². The molecular formula is C18H21N3O2. The van der Waals surface area contributed by atoms with Gasteiger partial charge in [0.25, 0.3) is 5.91 Å². The molecule has 0 spiro atoms. The molecule has 3 heterocycles. The number of H-pyrrole nitrogens is 1. The van der Waals surface area contributed by atoms with Crippen molar-refractivity contribution in [2.24, 2.45) is 0 Å². The SMILES string of the molecule is O=C(c1c[nH]c2ccccc12)N1CCC(N2CCCC2=O)CC1. The van der Waals surface area contributed by atoms with Crippen LogP contribution in [0.3, 0.4) is 0 Å². The Morgan fingerprint density at radius 2 is 1.91 bits per heavy atom. The minimum atomic E-state index is 0.0913. The van der Waals surface area contributed by atoms with Crippen LogP contribution in [0.15, 0.2) is 30.5 Å². The van der Waals surface area contributed by atoms with Gasteiger partial charge >= 0.3 is 0 Å². The minimum Gasteiger partial charge on any atom is -0.360 e. The summed E-state index contributed by atoms with van der Waals surface area (Å²) in [5.41, 5.74) is 1.74. The van der Waals surface area contributed by atoms with Gasteiger partial charge in [-0.15, -0.1) is 0 Å². The van der Waals surface area contributed by atoms with Crippen molar-refractivity contribution >= 4 is 22.7 Å². The van der Waals surface area contributed by atoms with Crippen LogP contribution in [0.4, 0.5) is 0 Å². The number of nitrogens with zero attached hydrogens (tertiary/aromatic N) is 2. The molecule has 120 valence electrons. The summed E-state index contributed by atoms with van der Waals surface area (Å²) in [7, 11) is 0. The number of amides is 2. The molecule has 2 aliphatic heterocycles. The molecule has 2 aromatic rings. The fraction of sp³-hybridized carbons (Fsp3) is 0.444. The Morgan fingerprint density at radius 1 is 1.13 bits per heavy atom. The summed E-state index contributed by atoms with van der Waals surface area (Å²) < 4.78 is 0. The topological polar surface area (TPSA) is 56.4 Å². The minimum absolute atomic E-state index is 0.0913. The fourth-order valence-corrected chi connectivity index (χ4v) is 3.85. The van der Waals surface area contributed by atoms with E-state index in [1.165, 1.54) is 0 Å². The number of rotatable bonds is 2. The highest BCUT2D eigenvalue weighted by molar-refractivity contribution is 6.06. The molecule has 1 aromatic heterocycles. The predicted molar refractivity (Wildman–Crippen MR) is 88.2 cm³/mol. The number of hydrogen-bond acceptors (Lipinski definition) is 2. The third-order valence-corrected chi connectivity index (χ3v) is 5.12. The van der Waals surface area contributed by atoms with E-state index >= 15 is 0 Å². The Bertz CT molecular complexity index is 744. The van der Waals surface area contributed by atoms with Gasteiger partial charge in [-0.05, 0) is 25.3 Å². The highest BCUT2D eigenvalue weighted by atomic mass is 16.2. The molecule has 2 fully saturated rings. The van der Waals surface area contributed by atoms with Gasteiger partial charge in [-0.1, -0.05) is 18.2 Å². The van der Waals surface area contributed by atoms with Crippen molar-refractivity contribution in [3.8, 4) is 0 Å². The van der Waals surface area contributed by atoms with Crippen molar-refractivity contribution in [2.45, 2.75) is 31.7 Å². The van der Waals surface area contributed by atoms with E-state index in [-0.39, 0.29) is 11.8 Å². The van der Waals surface area contributed by atoms with E-state index in [4.69, 9.17) is 0 Å². The molecule has 2 saturated heterocycles. The van der Waals surface area contributed by atoms with Crippen LogP contribution in [0.5, 0.6) is 0 Å². The number of carbonyl (C=O) groups is 2. The van der Waals surface area contributed by atoms with Crippen LogP contribution in [-0.4, -0.2) is 52.3 Å². The van der Waals surface area contributed by atoms with Crippen LogP contribution in [0.1, 0.15) is 36.0 Å². The molecule has 4 rings (SSSR count). The Morgan fingerprint density at radius 3 is 2.65 bits per heavy atom. The van der Waals surface area contributed by atoms with Gasteiger partial charge in [0.15, 0.2) is 0 Å². The number of aromatic nitrogens is 1. The second-order valence-corrected chi connectivity index (χ2v) is 6.46. The molecule has 2 aliphatic rings. The van der Waals surface area contributed by atoms with Gasteiger partial charge in [0.1, 0.15) is 0 Å². The summed E-state index contributed by atoms with van der Waals surface area (Å²) in [6.07, 6.45) is 5.25. The molecule has 1 aromatic carbocycles. The highest BCUT2D eigenvalue weighted by Crippen LogP contribution is 2.25. The molecule has 1 N–H and O–H groups in total. The lowest BCUT2D eigenvalue weighted by Crippen LogP contribution is -2.47. The van der Waals surface area contributed by atoms with Crippen molar-refractivity contribution in [1.82, 2.24) is 14.8 Å². The standard InChI is InChI=1S/C18H21N3O2/c22-17-6-3-9-21(17)13-7-10-20(11-8-13)18(23)15-12-19-16-5-2-1-4-14(15)16/h1-2,4-5,12-13,19H,3,6-11H2. The Balaban J connectivity index is 1.46. The number of benzene rings is 1. The van der Waals surface area contributed by atoms with Gasteiger partial charge < -0.3 is 14.8 Å². The maximum atomic E-state index is 12.8. The fourth-order valence-electron chi connectivity index (χ4n) is 3.85. The summed E-state index contributed by atoms with van der Waals surface area (Å²) in [4.78, 5) is 31.8. The van der Waals surface area contributed by atoms with Crippen LogP contribution in [0.2, 0.25) is 0 Å². The van der Waals surface area contributed by atoms with E-state index in [0.717, 1.165) is 55.4 Å². The first-order valence-electron chi connectivity index (χ1n) is 8.39. The van der Waals surface area contributed by atoms with Crippen LogP contribution >= 0.6 is 0 Å². The molecule has 2 amide bonds. The first-order valence-corrected chi connectivity index (χ1v) is 8.39. The van der Waals surface area contributed by atoms with E-state index in [2.05, 4.69) is 4.98 Å². The normalized spacial score (nSPS) is 19.7. The van der Waals surface area contributed by atoms with Crippen molar-refractivity contribution in [2.75, 3.05) is 19.6 Å². The highest BCUT2D eigenvalue weighted by Gasteiger charge is 2.32. The molecular weight excluding hydrogens is 290 g/mol. The zero-order valence-corrected chi connectivity index (χ0v) is 13.1. The number of aromatic amines is 1. The van der Waals surface area contributed by atoms with E-state index < -0.39 is 0 Å². The molecule has 5 heteroatoms. The van der Waals surface area contributed by atoms with Crippen LogP contribution < -0.4 is 0 Å². The maximum absolute atomic E-state index is 12.8. The third-order valence-electron chi connectivity index (χ3n) is 5.12. The molecule has 5 nitrogen and oxygen atoms in total. The number of carbonyl (C=O) groups excluding carboxylic acids is 2. The number of nitrogens with one attached hydrogen (secondary N) is 1. The van der Waals surface area contributed by atoms with Crippen LogP contribution in [-0.2, 0) is 4.79 Å². The van der Waals surface area contributed by atoms with Crippen molar-refractivity contribution < 1.29 is 9.59 Å². The quantitative estimate of drug-likeness (QED) is 0.926. The van der Waals surface area contributed by atoms with Gasteiger partial charge in [0.2, 0.25) is 5.91 Å². The van der Waals surface area contributed by atoms with E-state index in [1.807, 2.05) is 40.3 Å². The average molecular weight is 311 g/mol. The number of piperidine rings is 1. The largest absolute Gasteiger partial charge is 0.360 e. The van der Waals surface area contributed by atoms with Gasteiger partial charge in [-0.25, -0.2) is 0 Å². The first kappa shape index (κ1) is 14.3. The van der Waals surface area contributed by atoms with Crippen LogP contribution in [0.25, 0.3) is 10.9 Å². The molecule has 23 heavy (non-hydrogen) atoms. The summed E-state index contributed by atoms with van der Waals surface area (Å²) in [6.45, 7) is 2.35. The Hall–Kier alpha value is -2.30. The first-order chi connectivity index (χ1) is 11.2. The molecule has 0 atom stereocenters. The second-order valence-electron chi connectivity index (χ2n) is 6.46. The van der Waals surface area contributed by atoms with Gasteiger partial charge in [-0.3, -0.25) is 9.59 Å². The Kier molecular flexibility index (Phi) is 3.56. The number of hydrogen-bond donors (Lipinski definition) is 1. The van der Waals surface area contributed by atoms with Crippen molar-refractivity contribution in [3.63, 3.8) is 0 Å². The average Bonchev–Trinajstić information content (AvgIpc) is 3.20. The monoisotopic (exact) mass is 311 g/mol. The lowest BCUT2D eigenvalue weighted by atomic mass is 10.0. The summed E-state index contributed by atoms with van der Waals surface area (Å²) in [5, 5.41) is 0.981. The number of fused-ring (bicyclic) bond motifs is 1. The van der Waals surface area contributed by atoms with Crippen molar-refractivity contribution in [3.05, 3.63) is 36.0 Å². The molecule has 0 unspecified atom stereocenters. The van der Waals surface area contributed by atoms with Gasteiger partial charge in [0.05, 0.1) is 5.56 Å². The molecule has 0 aliphatic carbocycles. The van der Waals surface area contributed by atoms with Gasteiger partial charge in [0, 0.05) is 49.2 Å². The van der Waals surface area contributed by atoms with Gasteiger partial charge in [-0.2, -0.15) is 0 Å². The molecule has 0 radical (unpaired) electrons. The number of para-hydroxylation sites is 1. The smallest absolute Gasteiger partial charge is 0.256 e. The van der Waals surface area contributed by atoms with Crippen LogP contribution in [0, 0.1) is 0 Å². The molecule has 0 bridgehead atoms. The predicted octanol–water partition coefficient (Wildman–Crippen LogP) is 2.39. The summed E-state index contributed by atoms with van der Waals surface area (Å²) in [6, 6.07) is 8.20. The van der Waals surface area contributed by atoms with Crippen molar-refractivity contribution in [1.29, 1.82) is 0 Å². The Labute approximate surface area is 135 Å². The lowest BCUT2D eigenvalue weighted by Gasteiger charge is -2.36. The van der Waals surface area contributed by atoms with E-state index in [0.29, 0.717) is 12.5 Å². The maximum Gasteiger partial charge on any atom is 0.256 e. The number of likely N-dealkylation sites (tertiary alicyclic amines) is 2. The van der Waals surface area contributed by atoms with E-state index in [9.17, 15) is 9.59 Å².